The van der Waals surface area contributed by atoms with Crippen LogP contribution in [0, 0.1) is 11.7 Å². The minimum absolute atomic E-state index is 0.00632. The molecule has 1 saturated carbocycles. The highest BCUT2D eigenvalue weighted by Gasteiger charge is 2.45. The minimum Gasteiger partial charge on any atom is -0.493 e. The highest BCUT2D eigenvalue weighted by Crippen LogP contribution is 2.48. The Morgan fingerprint density at radius 1 is 1.29 bits per heavy atom. The molecule has 2 aliphatic rings. The number of carbonyl (C=O) groups is 1. The molecule has 3 atom stereocenters. The molecule has 124 valence electrons. The summed E-state index contributed by atoms with van der Waals surface area (Å²) in [6.07, 6.45) is 1.64. The van der Waals surface area contributed by atoms with Crippen LogP contribution < -0.4 is 10.1 Å². The average Bonchev–Trinajstić information content (AvgIpc) is 3.24. The molecule has 3 nitrogen and oxygen atoms in total. The van der Waals surface area contributed by atoms with Gasteiger partial charge in [0.1, 0.15) is 11.6 Å². The number of hydrogen-bond acceptors (Lipinski definition) is 2. The number of carbonyl (C=O) groups excluding carboxylic acids is 1. The van der Waals surface area contributed by atoms with Crippen molar-refractivity contribution in [3.8, 4) is 5.75 Å². The quantitative estimate of drug-likeness (QED) is 0.930. The Hall–Kier alpha value is -2.36. The number of amides is 1. The molecule has 1 N–H and O–H groups in total. The van der Waals surface area contributed by atoms with E-state index in [1.165, 1.54) is 11.6 Å². The van der Waals surface area contributed by atoms with Gasteiger partial charge in [0.25, 0.3) is 0 Å². The third kappa shape index (κ3) is 2.77. The van der Waals surface area contributed by atoms with Gasteiger partial charge in [0.2, 0.25) is 5.91 Å². The van der Waals surface area contributed by atoms with E-state index in [4.69, 9.17) is 4.74 Å². The molecule has 3 unspecified atom stereocenters. The number of rotatable bonds is 4. The van der Waals surface area contributed by atoms with E-state index in [2.05, 4.69) is 11.4 Å². The summed E-state index contributed by atoms with van der Waals surface area (Å²) in [5.74, 6) is 0.616. The number of ether oxygens (including phenoxy) is 1. The van der Waals surface area contributed by atoms with E-state index in [9.17, 15) is 9.18 Å². The molecule has 0 bridgehead atoms. The van der Waals surface area contributed by atoms with Gasteiger partial charge in [0.05, 0.1) is 12.6 Å². The van der Waals surface area contributed by atoms with Crippen molar-refractivity contribution >= 4 is 5.91 Å². The first-order chi connectivity index (χ1) is 11.6. The largest absolute Gasteiger partial charge is 0.493 e. The van der Waals surface area contributed by atoms with Crippen molar-refractivity contribution in [2.24, 2.45) is 5.92 Å². The van der Waals surface area contributed by atoms with Crippen LogP contribution in [0.2, 0.25) is 0 Å². The second kappa shape index (κ2) is 5.93. The van der Waals surface area contributed by atoms with E-state index < -0.39 is 0 Å². The first-order valence-electron chi connectivity index (χ1n) is 8.44. The molecular weight excluding hydrogens is 305 g/mol. The molecule has 1 aliphatic carbocycles. The van der Waals surface area contributed by atoms with Crippen LogP contribution in [-0.4, -0.2) is 12.5 Å². The fourth-order valence-electron chi connectivity index (χ4n) is 3.48. The van der Waals surface area contributed by atoms with Crippen LogP contribution >= 0.6 is 0 Å². The van der Waals surface area contributed by atoms with Crippen molar-refractivity contribution in [3.63, 3.8) is 0 Å². The zero-order valence-corrected chi connectivity index (χ0v) is 13.6. The van der Waals surface area contributed by atoms with E-state index in [0.717, 1.165) is 30.8 Å². The summed E-state index contributed by atoms with van der Waals surface area (Å²) in [5.41, 5.74) is 2.93. The van der Waals surface area contributed by atoms with E-state index >= 15 is 0 Å². The van der Waals surface area contributed by atoms with Crippen molar-refractivity contribution in [1.29, 1.82) is 0 Å². The van der Waals surface area contributed by atoms with Gasteiger partial charge in [0, 0.05) is 12.3 Å². The molecule has 2 aromatic carbocycles. The van der Waals surface area contributed by atoms with Crippen LogP contribution in [0.4, 0.5) is 4.39 Å². The number of fused-ring (bicyclic) bond motifs is 1. The predicted molar refractivity (Wildman–Crippen MR) is 89.4 cm³/mol. The Balaban J connectivity index is 1.41. The summed E-state index contributed by atoms with van der Waals surface area (Å²) in [5, 5.41) is 3.07. The van der Waals surface area contributed by atoms with E-state index in [1.54, 1.807) is 12.1 Å². The Morgan fingerprint density at radius 3 is 2.96 bits per heavy atom. The van der Waals surface area contributed by atoms with Gasteiger partial charge in [-0.2, -0.15) is 0 Å². The summed E-state index contributed by atoms with van der Waals surface area (Å²) in [4.78, 5) is 12.5. The van der Waals surface area contributed by atoms with Crippen LogP contribution in [0.3, 0.4) is 0 Å². The number of nitrogens with one attached hydrogen (secondary N) is 1. The van der Waals surface area contributed by atoms with E-state index in [-0.39, 0.29) is 29.6 Å². The predicted octanol–water partition coefficient (Wildman–Crippen LogP) is 3.74. The van der Waals surface area contributed by atoms with Gasteiger partial charge in [-0.05, 0) is 54.2 Å². The summed E-state index contributed by atoms with van der Waals surface area (Å²) in [7, 11) is 0. The second-order valence-corrected chi connectivity index (χ2v) is 6.67. The molecule has 1 heterocycles. The third-order valence-corrected chi connectivity index (χ3v) is 5.00. The first kappa shape index (κ1) is 15.2. The molecule has 24 heavy (non-hydrogen) atoms. The summed E-state index contributed by atoms with van der Waals surface area (Å²) >= 11 is 0. The minimum atomic E-state index is -0.218. The molecule has 0 spiro atoms. The van der Waals surface area contributed by atoms with Gasteiger partial charge in [-0.3, -0.25) is 4.79 Å². The monoisotopic (exact) mass is 325 g/mol. The van der Waals surface area contributed by atoms with Crippen molar-refractivity contribution in [2.75, 3.05) is 6.61 Å². The number of halogens is 1. The zero-order chi connectivity index (χ0) is 16.7. The van der Waals surface area contributed by atoms with Crippen molar-refractivity contribution < 1.29 is 13.9 Å². The average molecular weight is 325 g/mol. The fourth-order valence-corrected chi connectivity index (χ4v) is 3.48. The Morgan fingerprint density at radius 2 is 2.12 bits per heavy atom. The van der Waals surface area contributed by atoms with E-state index in [1.807, 2.05) is 25.1 Å². The first-order valence-corrected chi connectivity index (χ1v) is 8.44. The Bertz CT molecular complexity index is 789. The fraction of sp³-hybridized carbons (Fsp3) is 0.350. The van der Waals surface area contributed by atoms with Gasteiger partial charge < -0.3 is 10.1 Å². The lowest BCUT2D eigenvalue weighted by Gasteiger charge is -2.15. The summed E-state index contributed by atoms with van der Waals surface area (Å²) < 4.78 is 19.3. The maximum absolute atomic E-state index is 13.8. The molecule has 1 aliphatic heterocycles. The lowest BCUT2D eigenvalue weighted by atomic mass is 10.0. The number of hydrogen-bond donors (Lipinski definition) is 1. The molecule has 0 radical (unpaired) electrons. The van der Waals surface area contributed by atoms with Gasteiger partial charge in [0.15, 0.2) is 0 Å². The van der Waals surface area contributed by atoms with Gasteiger partial charge in [-0.1, -0.05) is 24.3 Å². The number of benzene rings is 2. The molecule has 2 aromatic rings. The molecule has 1 fully saturated rings. The van der Waals surface area contributed by atoms with Crippen LogP contribution in [0.5, 0.6) is 5.75 Å². The lowest BCUT2D eigenvalue weighted by molar-refractivity contribution is -0.123. The highest BCUT2D eigenvalue weighted by molar-refractivity contribution is 5.83. The van der Waals surface area contributed by atoms with Gasteiger partial charge >= 0.3 is 0 Å². The third-order valence-electron chi connectivity index (χ3n) is 5.00. The molecule has 4 rings (SSSR count). The topological polar surface area (TPSA) is 38.3 Å². The summed E-state index contributed by atoms with van der Waals surface area (Å²) in [6.45, 7) is 2.71. The molecule has 0 aromatic heterocycles. The molecule has 4 heteroatoms. The molecule has 0 saturated heterocycles. The van der Waals surface area contributed by atoms with Crippen LogP contribution in [0.25, 0.3) is 0 Å². The van der Waals surface area contributed by atoms with Crippen LogP contribution in [0.1, 0.15) is 42.0 Å². The van der Waals surface area contributed by atoms with Gasteiger partial charge in [-0.15, -0.1) is 0 Å². The lowest BCUT2D eigenvalue weighted by Crippen LogP contribution is -2.28. The van der Waals surface area contributed by atoms with Crippen molar-refractivity contribution in [3.05, 3.63) is 65.0 Å². The van der Waals surface area contributed by atoms with E-state index in [0.29, 0.717) is 5.56 Å². The standard InChI is InChI=1S/C20H20FNO2/c1-12(13-6-7-19-14(10-13)8-9-24-19)22-20(23)17-11-16(17)15-4-2-3-5-18(15)21/h2-7,10,12,16-17H,8-9,11H2,1H3,(H,22,23). The summed E-state index contributed by atoms with van der Waals surface area (Å²) in [6, 6.07) is 12.7. The maximum Gasteiger partial charge on any atom is 0.224 e. The highest BCUT2D eigenvalue weighted by atomic mass is 19.1. The van der Waals surface area contributed by atoms with Crippen LogP contribution in [-0.2, 0) is 11.2 Å². The second-order valence-electron chi connectivity index (χ2n) is 6.67. The molecule has 1 amide bonds. The van der Waals surface area contributed by atoms with Gasteiger partial charge in [-0.25, -0.2) is 4.39 Å². The Labute approximate surface area is 140 Å². The maximum atomic E-state index is 13.8. The van der Waals surface area contributed by atoms with Crippen molar-refractivity contribution in [2.45, 2.75) is 31.7 Å². The smallest absolute Gasteiger partial charge is 0.224 e. The normalized spacial score (nSPS) is 22.4. The molecular formula is C20H20FNO2. The SMILES string of the molecule is CC(NC(=O)C1CC1c1ccccc1F)c1ccc2c(c1)CCO2. The van der Waals surface area contributed by atoms with Crippen molar-refractivity contribution in [1.82, 2.24) is 5.32 Å². The zero-order valence-electron chi connectivity index (χ0n) is 13.6. The van der Waals surface area contributed by atoms with Crippen LogP contribution in [0.15, 0.2) is 42.5 Å². The Kier molecular flexibility index (Phi) is 3.75.